The van der Waals surface area contributed by atoms with Crippen molar-refractivity contribution in [2.45, 2.75) is 72.1 Å². The topological polar surface area (TPSA) is 61.8 Å². The van der Waals surface area contributed by atoms with Gasteiger partial charge in [0.25, 0.3) is 0 Å². The molecule has 3 aromatic rings. The molecule has 0 aliphatic rings. The van der Waals surface area contributed by atoms with Crippen LogP contribution in [0.4, 0.5) is 4.39 Å². The number of hydrogen-bond donors (Lipinski definition) is 0. The van der Waals surface area contributed by atoms with Crippen LogP contribution in [0.15, 0.2) is 66.7 Å². The van der Waals surface area contributed by atoms with Gasteiger partial charge in [0, 0.05) is 0 Å². The Bertz CT molecular complexity index is 1190. The van der Waals surface area contributed by atoms with E-state index < -0.39 is 11.8 Å². The first-order chi connectivity index (χ1) is 18.9. The van der Waals surface area contributed by atoms with E-state index in [0.29, 0.717) is 18.1 Å². The van der Waals surface area contributed by atoms with Crippen LogP contribution in [0.1, 0.15) is 82.5 Å². The molecule has 0 fully saturated rings. The predicted molar refractivity (Wildman–Crippen MR) is 152 cm³/mol. The number of rotatable bonds is 15. The third kappa shape index (κ3) is 9.86. The van der Waals surface area contributed by atoms with E-state index in [4.69, 9.17) is 14.2 Å². The van der Waals surface area contributed by atoms with Crippen molar-refractivity contribution in [1.29, 1.82) is 0 Å². The Morgan fingerprint density at radius 2 is 1.26 bits per heavy atom. The van der Waals surface area contributed by atoms with Crippen molar-refractivity contribution < 1.29 is 28.2 Å². The lowest BCUT2D eigenvalue weighted by Gasteiger charge is -2.10. The summed E-state index contributed by atoms with van der Waals surface area (Å²) < 4.78 is 30.8. The fourth-order valence-electron chi connectivity index (χ4n) is 3.99. The van der Waals surface area contributed by atoms with E-state index in [-0.39, 0.29) is 23.2 Å². The molecule has 0 aliphatic carbocycles. The van der Waals surface area contributed by atoms with Gasteiger partial charge in [-0.25, -0.2) is 9.18 Å². The molecule has 39 heavy (non-hydrogen) atoms. The Hall–Kier alpha value is -3.67. The number of benzene rings is 3. The summed E-state index contributed by atoms with van der Waals surface area (Å²) in [6, 6.07) is 18.3. The zero-order valence-electron chi connectivity index (χ0n) is 23.2. The molecule has 0 saturated heterocycles. The second kappa shape index (κ2) is 15.7. The molecule has 3 rings (SSSR count). The van der Waals surface area contributed by atoms with Crippen LogP contribution < -0.4 is 14.2 Å². The largest absolute Gasteiger partial charge is 0.491 e. The maximum absolute atomic E-state index is 14.5. The highest BCUT2D eigenvalue weighted by atomic mass is 19.1. The van der Waals surface area contributed by atoms with Crippen molar-refractivity contribution >= 4 is 11.9 Å². The molecule has 0 unspecified atom stereocenters. The standard InChI is InChI=1S/C33H39FO5/c1-4-5-6-7-8-9-10-11-22-37-31-21-16-27(23-30(31)34)33(36)39-29-19-14-26(15-20-29)25-12-17-28(18-13-25)38-32(35)24(2)3/h12-21,23-24H,4-11,22H2,1-3H3. The Kier molecular flexibility index (Phi) is 12.0. The minimum Gasteiger partial charge on any atom is -0.491 e. The smallest absolute Gasteiger partial charge is 0.343 e. The van der Waals surface area contributed by atoms with E-state index in [1.54, 1.807) is 38.1 Å². The molecule has 0 saturated carbocycles. The van der Waals surface area contributed by atoms with Gasteiger partial charge >= 0.3 is 11.9 Å². The quantitative estimate of drug-likeness (QED) is 0.111. The first kappa shape index (κ1) is 29.9. The van der Waals surface area contributed by atoms with Crippen molar-refractivity contribution in [1.82, 2.24) is 0 Å². The third-order valence-corrected chi connectivity index (χ3v) is 6.37. The molecule has 0 spiro atoms. The van der Waals surface area contributed by atoms with Gasteiger partial charge in [-0.2, -0.15) is 0 Å². The van der Waals surface area contributed by atoms with Crippen LogP contribution in [0.25, 0.3) is 11.1 Å². The first-order valence-electron chi connectivity index (χ1n) is 13.9. The van der Waals surface area contributed by atoms with Gasteiger partial charge in [-0.15, -0.1) is 0 Å². The molecule has 0 N–H and O–H groups in total. The van der Waals surface area contributed by atoms with Gasteiger partial charge in [0.1, 0.15) is 11.5 Å². The Labute approximate surface area is 231 Å². The molecule has 0 amide bonds. The highest BCUT2D eigenvalue weighted by Gasteiger charge is 2.14. The zero-order valence-corrected chi connectivity index (χ0v) is 23.2. The fraction of sp³-hybridized carbons (Fsp3) is 0.394. The zero-order chi connectivity index (χ0) is 28.0. The molecular weight excluding hydrogens is 495 g/mol. The van der Waals surface area contributed by atoms with E-state index in [1.807, 2.05) is 24.3 Å². The summed E-state index contributed by atoms with van der Waals surface area (Å²) in [6.07, 6.45) is 9.47. The van der Waals surface area contributed by atoms with Crippen LogP contribution in [0, 0.1) is 11.7 Å². The summed E-state index contributed by atoms with van der Waals surface area (Å²) in [6.45, 7) is 6.23. The van der Waals surface area contributed by atoms with E-state index in [2.05, 4.69) is 6.92 Å². The molecular formula is C33H39FO5. The van der Waals surface area contributed by atoms with Crippen molar-refractivity contribution in [2.75, 3.05) is 6.61 Å². The lowest BCUT2D eigenvalue weighted by molar-refractivity contribution is -0.137. The van der Waals surface area contributed by atoms with Gasteiger partial charge < -0.3 is 14.2 Å². The van der Waals surface area contributed by atoms with Gasteiger partial charge in [-0.3, -0.25) is 4.79 Å². The normalized spacial score (nSPS) is 10.9. The molecule has 5 nitrogen and oxygen atoms in total. The fourth-order valence-corrected chi connectivity index (χ4v) is 3.99. The van der Waals surface area contributed by atoms with E-state index in [1.165, 1.54) is 50.7 Å². The summed E-state index contributed by atoms with van der Waals surface area (Å²) >= 11 is 0. The monoisotopic (exact) mass is 534 g/mol. The summed E-state index contributed by atoms with van der Waals surface area (Å²) in [5.74, 6) is -0.734. The van der Waals surface area contributed by atoms with Crippen molar-refractivity contribution in [3.63, 3.8) is 0 Å². The van der Waals surface area contributed by atoms with Crippen LogP contribution in [-0.4, -0.2) is 18.5 Å². The average Bonchev–Trinajstić information content (AvgIpc) is 2.93. The molecule has 0 bridgehead atoms. The van der Waals surface area contributed by atoms with Crippen LogP contribution >= 0.6 is 0 Å². The molecule has 0 heterocycles. The summed E-state index contributed by atoms with van der Waals surface area (Å²) in [7, 11) is 0. The van der Waals surface area contributed by atoms with E-state index >= 15 is 0 Å². The summed E-state index contributed by atoms with van der Waals surface area (Å²) in [4.78, 5) is 24.3. The van der Waals surface area contributed by atoms with Gasteiger partial charge in [-0.05, 0) is 60.0 Å². The van der Waals surface area contributed by atoms with Crippen molar-refractivity contribution in [3.05, 3.63) is 78.1 Å². The second-order valence-corrected chi connectivity index (χ2v) is 9.98. The minimum atomic E-state index is -0.646. The average molecular weight is 535 g/mol. The molecule has 0 aliphatic heterocycles. The number of carbonyl (C=O) groups is 2. The first-order valence-corrected chi connectivity index (χ1v) is 13.9. The summed E-state index contributed by atoms with van der Waals surface area (Å²) in [5, 5.41) is 0. The molecule has 3 aromatic carbocycles. The highest BCUT2D eigenvalue weighted by molar-refractivity contribution is 5.91. The summed E-state index contributed by atoms with van der Waals surface area (Å²) in [5.41, 5.74) is 1.94. The maximum atomic E-state index is 14.5. The van der Waals surface area contributed by atoms with Crippen molar-refractivity contribution in [3.8, 4) is 28.4 Å². The Balaban J connectivity index is 1.46. The Morgan fingerprint density at radius 1 is 0.718 bits per heavy atom. The van der Waals surface area contributed by atoms with E-state index in [9.17, 15) is 14.0 Å². The minimum absolute atomic E-state index is 0.113. The number of carbonyl (C=O) groups excluding carboxylic acids is 2. The van der Waals surface area contributed by atoms with Gasteiger partial charge in [0.15, 0.2) is 11.6 Å². The van der Waals surface area contributed by atoms with Crippen LogP contribution in [0.2, 0.25) is 0 Å². The maximum Gasteiger partial charge on any atom is 0.343 e. The predicted octanol–water partition coefficient (Wildman–Crippen LogP) is 8.79. The SMILES string of the molecule is CCCCCCCCCCOc1ccc(C(=O)Oc2ccc(-c3ccc(OC(=O)C(C)C)cc3)cc2)cc1F. The number of unbranched alkanes of at least 4 members (excludes halogenated alkanes) is 7. The molecule has 0 aromatic heterocycles. The number of esters is 2. The van der Waals surface area contributed by atoms with Gasteiger partial charge in [0.2, 0.25) is 0 Å². The second-order valence-electron chi connectivity index (χ2n) is 9.98. The number of ether oxygens (including phenoxy) is 3. The Morgan fingerprint density at radius 3 is 1.79 bits per heavy atom. The molecule has 0 radical (unpaired) electrons. The van der Waals surface area contributed by atoms with Crippen molar-refractivity contribution in [2.24, 2.45) is 5.92 Å². The molecule has 208 valence electrons. The molecule has 6 heteroatoms. The molecule has 0 atom stereocenters. The van der Waals surface area contributed by atoms with Crippen LogP contribution in [0.3, 0.4) is 0 Å². The number of halogens is 1. The van der Waals surface area contributed by atoms with Crippen LogP contribution in [-0.2, 0) is 4.79 Å². The lowest BCUT2D eigenvalue weighted by atomic mass is 10.1. The third-order valence-electron chi connectivity index (χ3n) is 6.37. The van der Waals surface area contributed by atoms with Crippen LogP contribution in [0.5, 0.6) is 17.2 Å². The number of hydrogen-bond acceptors (Lipinski definition) is 5. The lowest BCUT2D eigenvalue weighted by Crippen LogP contribution is -2.14. The van der Waals surface area contributed by atoms with Gasteiger partial charge in [0.05, 0.1) is 18.1 Å². The van der Waals surface area contributed by atoms with Gasteiger partial charge in [-0.1, -0.05) is 90.0 Å². The highest BCUT2D eigenvalue weighted by Crippen LogP contribution is 2.26. The van der Waals surface area contributed by atoms with E-state index in [0.717, 1.165) is 30.0 Å².